The molecule has 0 bridgehead atoms. The van der Waals surface area contributed by atoms with Gasteiger partial charge in [0.15, 0.2) is 0 Å². The molecule has 7 nitrogen and oxygen atoms in total. The predicted octanol–water partition coefficient (Wildman–Crippen LogP) is 4.32. The summed E-state index contributed by atoms with van der Waals surface area (Å²) in [6.45, 7) is 2.55. The highest BCUT2D eigenvalue weighted by molar-refractivity contribution is 6.42. The molecule has 0 spiro atoms. The molecule has 2 aromatic rings. The van der Waals surface area contributed by atoms with Gasteiger partial charge in [0.05, 0.1) is 15.0 Å². The highest BCUT2D eigenvalue weighted by Gasteiger charge is 2.39. The molecule has 0 saturated carbocycles. The molecule has 0 aliphatic rings. The van der Waals surface area contributed by atoms with Gasteiger partial charge in [0, 0.05) is 30.3 Å². The number of benzene rings is 2. The number of hydrogen-bond donors (Lipinski definition) is 1. The first-order valence-corrected chi connectivity index (χ1v) is 8.10. The van der Waals surface area contributed by atoms with Crippen molar-refractivity contribution >= 4 is 46.5 Å². The Morgan fingerprint density at radius 3 is 2.23 bits per heavy atom. The number of non-ortho nitro benzene ring substituents is 1. The standard InChI is InChI=1S/C17H14Cl2N2O5/c1-10(22)26-17(2,11-3-6-13(7-4-11)21(24)25)16(23)20-12-5-8-14(18)15(19)9-12/h3-9H,1-2H3,(H,20,23). The molecule has 136 valence electrons. The van der Waals surface area contributed by atoms with Gasteiger partial charge in [-0.05, 0) is 37.3 Å². The lowest BCUT2D eigenvalue weighted by Gasteiger charge is -2.28. The molecule has 0 aliphatic heterocycles. The number of hydrogen-bond acceptors (Lipinski definition) is 5. The Bertz CT molecular complexity index is 870. The van der Waals surface area contributed by atoms with Crippen LogP contribution in [0.5, 0.6) is 0 Å². The minimum atomic E-state index is -1.70. The number of ether oxygens (including phenoxy) is 1. The summed E-state index contributed by atoms with van der Waals surface area (Å²) in [6.07, 6.45) is 0. The second-order valence-corrected chi connectivity index (χ2v) is 6.33. The van der Waals surface area contributed by atoms with E-state index in [1.807, 2.05) is 0 Å². The monoisotopic (exact) mass is 396 g/mol. The van der Waals surface area contributed by atoms with Gasteiger partial charge in [-0.15, -0.1) is 0 Å². The second kappa shape index (κ2) is 7.72. The van der Waals surface area contributed by atoms with E-state index in [0.717, 1.165) is 6.92 Å². The topological polar surface area (TPSA) is 98.5 Å². The van der Waals surface area contributed by atoms with E-state index in [-0.39, 0.29) is 16.3 Å². The van der Waals surface area contributed by atoms with Crippen LogP contribution < -0.4 is 5.32 Å². The summed E-state index contributed by atoms with van der Waals surface area (Å²) < 4.78 is 5.23. The minimum absolute atomic E-state index is 0.149. The Morgan fingerprint density at radius 1 is 1.12 bits per heavy atom. The number of carbonyl (C=O) groups is 2. The smallest absolute Gasteiger partial charge is 0.304 e. The maximum Gasteiger partial charge on any atom is 0.304 e. The Morgan fingerprint density at radius 2 is 1.73 bits per heavy atom. The van der Waals surface area contributed by atoms with Gasteiger partial charge in [0.25, 0.3) is 11.6 Å². The summed E-state index contributed by atoms with van der Waals surface area (Å²) in [5, 5.41) is 14.0. The Balaban J connectivity index is 2.37. The normalized spacial score (nSPS) is 12.8. The van der Waals surface area contributed by atoms with Crippen molar-refractivity contribution in [2.45, 2.75) is 19.4 Å². The maximum atomic E-state index is 12.8. The molecule has 0 fully saturated rings. The maximum absolute atomic E-state index is 12.8. The molecule has 0 aliphatic carbocycles. The molecular weight excluding hydrogens is 383 g/mol. The van der Waals surface area contributed by atoms with E-state index in [1.165, 1.54) is 49.4 Å². The Hall–Kier alpha value is -2.64. The SMILES string of the molecule is CC(=O)OC(C)(C(=O)Nc1ccc(Cl)c(Cl)c1)c1ccc([N+](=O)[O-])cc1. The number of nitro groups is 1. The van der Waals surface area contributed by atoms with Crippen LogP contribution in [0.2, 0.25) is 10.0 Å². The van der Waals surface area contributed by atoms with Gasteiger partial charge in [-0.25, -0.2) is 0 Å². The lowest BCUT2D eigenvalue weighted by Crippen LogP contribution is -2.41. The average molecular weight is 397 g/mol. The van der Waals surface area contributed by atoms with E-state index >= 15 is 0 Å². The molecule has 1 N–H and O–H groups in total. The van der Waals surface area contributed by atoms with Gasteiger partial charge >= 0.3 is 5.97 Å². The lowest BCUT2D eigenvalue weighted by atomic mass is 9.94. The summed E-state index contributed by atoms with van der Waals surface area (Å²) in [7, 11) is 0. The van der Waals surface area contributed by atoms with Gasteiger partial charge < -0.3 is 10.1 Å². The van der Waals surface area contributed by atoms with Crippen molar-refractivity contribution < 1.29 is 19.2 Å². The van der Waals surface area contributed by atoms with Crippen molar-refractivity contribution in [3.05, 3.63) is 68.2 Å². The number of amides is 1. The van der Waals surface area contributed by atoms with Crippen molar-refractivity contribution in [1.82, 2.24) is 0 Å². The van der Waals surface area contributed by atoms with E-state index in [4.69, 9.17) is 27.9 Å². The number of anilines is 1. The van der Waals surface area contributed by atoms with Gasteiger partial charge in [0.2, 0.25) is 5.60 Å². The molecule has 1 amide bonds. The molecule has 1 unspecified atom stereocenters. The van der Waals surface area contributed by atoms with Crippen LogP contribution >= 0.6 is 23.2 Å². The molecule has 26 heavy (non-hydrogen) atoms. The number of esters is 1. The molecule has 0 aromatic heterocycles. The third-order valence-corrected chi connectivity index (χ3v) is 4.33. The fourth-order valence-corrected chi connectivity index (χ4v) is 2.55. The molecule has 2 rings (SSSR count). The number of nitrogens with zero attached hydrogens (tertiary/aromatic N) is 1. The van der Waals surface area contributed by atoms with Gasteiger partial charge in [-0.1, -0.05) is 23.2 Å². The summed E-state index contributed by atoms with van der Waals surface area (Å²) >= 11 is 11.8. The van der Waals surface area contributed by atoms with E-state index < -0.39 is 22.4 Å². The van der Waals surface area contributed by atoms with Crippen LogP contribution in [-0.4, -0.2) is 16.8 Å². The van der Waals surface area contributed by atoms with Crippen molar-refractivity contribution in [3.63, 3.8) is 0 Å². The van der Waals surface area contributed by atoms with Crippen molar-refractivity contribution in [2.24, 2.45) is 0 Å². The first-order chi connectivity index (χ1) is 12.1. The van der Waals surface area contributed by atoms with Gasteiger partial charge in [0.1, 0.15) is 0 Å². The molecule has 0 radical (unpaired) electrons. The predicted molar refractivity (Wildman–Crippen MR) is 97.3 cm³/mol. The third-order valence-electron chi connectivity index (χ3n) is 3.59. The molecule has 1 atom stereocenters. The number of carbonyl (C=O) groups excluding carboxylic acids is 2. The van der Waals surface area contributed by atoms with Crippen LogP contribution in [0.1, 0.15) is 19.4 Å². The van der Waals surface area contributed by atoms with E-state index in [2.05, 4.69) is 5.32 Å². The molecule has 0 saturated heterocycles. The highest BCUT2D eigenvalue weighted by Crippen LogP contribution is 2.31. The fourth-order valence-electron chi connectivity index (χ4n) is 2.25. The largest absolute Gasteiger partial charge is 0.444 e. The van der Waals surface area contributed by atoms with Crippen molar-refractivity contribution in [1.29, 1.82) is 0 Å². The number of nitro benzene ring substituents is 1. The number of nitrogens with one attached hydrogen (secondary N) is 1. The molecule has 0 heterocycles. The lowest BCUT2D eigenvalue weighted by molar-refractivity contribution is -0.384. The highest BCUT2D eigenvalue weighted by atomic mass is 35.5. The van der Waals surface area contributed by atoms with E-state index in [1.54, 1.807) is 0 Å². The first kappa shape index (κ1) is 19.7. The summed E-state index contributed by atoms with van der Waals surface area (Å²) in [5.74, 6) is -1.34. The number of rotatable bonds is 5. The van der Waals surface area contributed by atoms with Gasteiger partial charge in [-0.2, -0.15) is 0 Å². The van der Waals surface area contributed by atoms with Crippen LogP contribution in [0, 0.1) is 10.1 Å². The van der Waals surface area contributed by atoms with E-state index in [0.29, 0.717) is 10.7 Å². The first-order valence-electron chi connectivity index (χ1n) is 7.34. The zero-order valence-corrected chi connectivity index (χ0v) is 15.3. The Kier molecular flexibility index (Phi) is 5.84. The van der Waals surface area contributed by atoms with Gasteiger partial charge in [-0.3, -0.25) is 19.7 Å². The zero-order chi connectivity index (χ0) is 19.5. The van der Waals surface area contributed by atoms with Crippen molar-refractivity contribution in [2.75, 3.05) is 5.32 Å². The van der Waals surface area contributed by atoms with Crippen LogP contribution in [0.15, 0.2) is 42.5 Å². The number of halogens is 2. The third kappa shape index (κ3) is 4.30. The zero-order valence-electron chi connectivity index (χ0n) is 13.8. The van der Waals surface area contributed by atoms with Crippen LogP contribution in [-0.2, 0) is 19.9 Å². The fraction of sp³-hybridized carbons (Fsp3) is 0.176. The second-order valence-electron chi connectivity index (χ2n) is 5.51. The average Bonchev–Trinajstić information content (AvgIpc) is 2.57. The van der Waals surface area contributed by atoms with Crippen molar-refractivity contribution in [3.8, 4) is 0 Å². The molecule has 9 heteroatoms. The van der Waals surface area contributed by atoms with E-state index in [9.17, 15) is 19.7 Å². The molecule has 2 aromatic carbocycles. The molecular formula is C17H14Cl2N2O5. The minimum Gasteiger partial charge on any atom is -0.444 e. The van der Waals surface area contributed by atoms with Crippen LogP contribution in [0.3, 0.4) is 0 Å². The van der Waals surface area contributed by atoms with Crippen LogP contribution in [0.25, 0.3) is 0 Å². The Labute approximate surface area is 159 Å². The van der Waals surface area contributed by atoms with Crippen LogP contribution in [0.4, 0.5) is 11.4 Å². The summed E-state index contributed by atoms with van der Waals surface area (Å²) in [6, 6.07) is 9.66. The quantitative estimate of drug-likeness (QED) is 0.460. The summed E-state index contributed by atoms with van der Waals surface area (Å²) in [5.41, 5.74) is -1.23. The summed E-state index contributed by atoms with van der Waals surface area (Å²) in [4.78, 5) is 34.5.